The molecule has 4 nitrogen and oxygen atoms in total. The van der Waals surface area contributed by atoms with Crippen LogP contribution in [0.15, 0.2) is 6.20 Å². The fraction of sp³-hybridized carbons (Fsp3) is 0.500. The number of alkyl halides is 1. The van der Waals surface area contributed by atoms with E-state index < -0.39 is 12.6 Å². The fourth-order valence-corrected chi connectivity index (χ4v) is 1.14. The molecule has 0 aromatic carbocycles. The number of halogens is 1. The van der Waals surface area contributed by atoms with Gasteiger partial charge in [-0.1, -0.05) is 0 Å². The maximum atomic E-state index is 12.5. The Balaban J connectivity index is 3.18. The predicted molar refractivity (Wildman–Crippen MR) is 44.4 cm³/mol. The molecule has 0 aliphatic rings. The van der Waals surface area contributed by atoms with Crippen molar-refractivity contribution in [3.8, 4) is 0 Å². The lowest BCUT2D eigenvalue weighted by Gasteiger charge is -2.08. The van der Waals surface area contributed by atoms with Gasteiger partial charge in [-0.15, -0.1) is 0 Å². The number of hydrogen-bond acceptors (Lipinski definition) is 2. The summed E-state index contributed by atoms with van der Waals surface area (Å²) in [5, 5.41) is 12.5. The van der Waals surface area contributed by atoms with Gasteiger partial charge >= 0.3 is 5.97 Å². The van der Waals surface area contributed by atoms with E-state index in [1.165, 1.54) is 10.9 Å². The molecular weight excluding hydrogens is 175 g/mol. The molecule has 0 aliphatic carbocycles. The molecular formula is C8H11FN2O2. The zero-order valence-corrected chi connectivity index (χ0v) is 7.49. The molecule has 1 heterocycles. The molecule has 1 N–H and O–H groups in total. The van der Waals surface area contributed by atoms with Gasteiger partial charge < -0.3 is 5.11 Å². The van der Waals surface area contributed by atoms with Crippen molar-refractivity contribution >= 4 is 5.97 Å². The maximum Gasteiger partial charge on any atom is 0.339 e. The van der Waals surface area contributed by atoms with Crippen LogP contribution >= 0.6 is 0 Å². The van der Waals surface area contributed by atoms with Crippen LogP contribution in [0.3, 0.4) is 0 Å². The average molecular weight is 186 g/mol. The van der Waals surface area contributed by atoms with Gasteiger partial charge in [-0.25, -0.2) is 9.18 Å². The molecule has 1 aromatic rings. The summed E-state index contributed by atoms with van der Waals surface area (Å²) >= 11 is 0. The number of hydrogen-bond donors (Lipinski definition) is 1. The number of nitrogens with zero attached hydrogens (tertiary/aromatic N) is 2. The highest BCUT2D eigenvalue weighted by Crippen LogP contribution is 2.14. The Hall–Kier alpha value is -1.39. The molecule has 13 heavy (non-hydrogen) atoms. The summed E-state index contributed by atoms with van der Waals surface area (Å²) in [5.74, 6) is -1.14. The molecule has 0 bridgehead atoms. The predicted octanol–water partition coefficient (Wildman–Crippen LogP) is 1.63. The third-order valence-corrected chi connectivity index (χ3v) is 1.74. The average Bonchev–Trinajstić information content (AvgIpc) is 2.46. The minimum atomic E-state index is -1.14. The molecule has 0 saturated carbocycles. The number of carboxylic acids is 1. The van der Waals surface area contributed by atoms with Crippen LogP contribution in [0.4, 0.5) is 4.39 Å². The number of carbonyl (C=O) groups is 1. The van der Waals surface area contributed by atoms with Gasteiger partial charge in [0.1, 0.15) is 12.2 Å². The van der Waals surface area contributed by atoms with Crippen molar-refractivity contribution < 1.29 is 14.3 Å². The lowest BCUT2D eigenvalue weighted by molar-refractivity contribution is 0.0694. The highest BCUT2D eigenvalue weighted by molar-refractivity contribution is 5.88. The quantitative estimate of drug-likeness (QED) is 0.780. The van der Waals surface area contributed by atoms with E-state index in [2.05, 4.69) is 5.10 Å². The van der Waals surface area contributed by atoms with Gasteiger partial charge in [-0.3, -0.25) is 4.68 Å². The second kappa shape index (κ2) is 3.55. The molecule has 0 amide bonds. The Morgan fingerprint density at radius 1 is 1.77 bits per heavy atom. The molecule has 0 unspecified atom stereocenters. The summed E-state index contributed by atoms with van der Waals surface area (Å²) in [6, 6.07) is -0.0288. The van der Waals surface area contributed by atoms with E-state index in [-0.39, 0.29) is 17.3 Å². The largest absolute Gasteiger partial charge is 0.478 e. The Morgan fingerprint density at radius 2 is 2.38 bits per heavy atom. The summed E-state index contributed by atoms with van der Waals surface area (Å²) in [6.07, 6.45) is 1.18. The molecule has 1 aromatic heterocycles. The van der Waals surface area contributed by atoms with Crippen LogP contribution in [0.1, 0.15) is 35.9 Å². The minimum Gasteiger partial charge on any atom is -0.478 e. The SMILES string of the molecule is CC(C)n1ncc(C(=O)O)c1CF. The third kappa shape index (κ3) is 1.68. The van der Waals surface area contributed by atoms with E-state index in [0.29, 0.717) is 0 Å². The first kappa shape index (κ1) is 9.70. The second-order valence-electron chi connectivity index (χ2n) is 2.98. The molecule has 0 radical (unpaired) electrons. The first-order valence-corrected chi connectivity index (χ1v) is 3.93. The van der Waals surface area contributed by atoms with Crippen LogP contribution in [0.2, 0.25) is 0 Å². The summed E-state index contributed by atoms with van der Waals surface area (Å²) in [5.41, 5.74) is 0.0682. The molecule has 72 valence electrons. The van der Waals surface area contributed by atoms with Crippen LogP contribution in [-0.2, 0) is 6.67 Å². The zero-order chi connectivity index (χ0) is 10.0. The first-order valence-electron chi connectivity index (χ1n) is 3.93. The summed E-state index contributed by atoms with van der Waals surface area (Å²) in [7, 11) is 0. The van der Waals surface area contributed by atoms with Crippen molar-refractivity contribution in [2.45, 2.75) is 26.6 Å². The van der Waals surface area contributed by atoms with Crippen molar-refractivity contribution in [1.82, 2.24) is 9.78 Å². The number of rotatable bonds is 3. The van der Waals surface area contributed by atoms with E-state index >= 15 is 0 Å². The van der Waals surface area contributed by atoms with Crippen molar-refractivity contribution in [3.05, 3.63) is 17.5 Å². The van der Waals surface area contributed by atoms with Gasteiger partial charge in [-0.2, -0.15) is 5.10 Å². The van der Waals surface area contributed by atoms with Crippen molar-refractivity contribution in [2.24, 2.45) is 0 Å². The minimum absolute atomic E-state index is 0.0288. The highest BCUT2D eigenvalue weighted by atomic mass is 19.1. The van der Waals surface area contributed by atoms with Gasteiger partial charge in [0.2, 0.25) is 0 Å². The van der Waals surface area contributed by atoms with Crippen LogP contribution in [0.25, 0.3) is 0 Å². The van der Waals surface area contributed by atoms with Gasteiger partial charge in [0.15, 0.2) is 0 Å². The summed E-state index contributed by atoms with van der Waals surface area (Å²) in [6.45, 7) is 2.83. The van der Waals surface area contributed by atoms with Crippen LogP contribution in [0.5, 0.6) is 0 Å². The summed E-state index contributed by atoms with van der Waals surface area (Å²) < 4.78 is 13.9. The summed E-state index contributed by atoms with van der Waals surface area (Å²) in [4.78, 5) is 10.6. The molecule has 0 fully saturated rings. The Bertz CT molecular complexity index is 320. The lowest BCUT2D eigenvalue weighted by Crippen LogP contribution is -2.09. The van der Waals surface area contributed by atoms with E-state index in [9.17, 15) is 9.18 Å². The molecule has 0 aliphatic heterocycles. The van der Waals surface area contributed by atoms with Gasteiger partial charge in [0, 0.05) is 6.04 Å². The van der Waals surface area contributed by atoms with Crippen molar-refractivity contribution in [2.75, 3.05) is 0 Å². The first-order chi connectivity index (χ1) is 6.07. The smallest absolute Gasteiger partial charge is 0.339 e. The van der Waals surface area contributed by atoms with Crippen molar-refractivity contribution in [1.29, 1.82) is 0 Å². The molecule has 5 heteroatoms. The Kier molecular flexibility index (Phi) is 2.65. The van der Waals surface area contributed by atoms with E-state index in [4.69, 9.17) is 5.11 Å². The monoisotopic (exact) mass is 186 g/mol. The van der Waals surface area contributed by atoms with E-state index in [1.807, 2.05) is 13.8 Å². The van der Waals surface area contributed by atoms with Crippen LogP contribution in [-0.4, -0.2) is 20.9 Å². The van der Waals surface area contributed by atoms with Gasteiger partial charge in [0.05, 0.1) is 11.9 Å². The van der Waals surface area contributed by atoms with Gasteiger partial charge in [-0.05, 0) is 13.8 Å². The lowest BCUT2D eigenvalue weighted by atomic mass is 10.2. The van der Waals surface area contributed by atoms with Crippen molar-refractivity contribution in [3.63, 3.8) is 0 Å². The third-order valence-electron chi connectivity index (χ3n) is 1.74. The zero-order valence-electron chi connectivity index (χ0n) is 7.49. The molecule has 0 saturated heterocycles. The van der Waals surface area contributed by atoms with Crippen LogP contribution in [0, 0.1) is 0 Å². The Labute approximate surface area is 75.0 Å². The Morgan fingerprint density at radius 3 is 2.77 bits per heavy atom. The highest BCUT2D eigenvalue weighted by Gasteiger charge is 2.17. The number of aromatic nitrogens is 2. The molecule has 0 spiro atoms. The normalized spacial score (nSPS) is 10.8. The molecule has 1 rings (SSSR count). The fourth-order valence-electron chi connectivity index (χ4n) is 1.14. The van der Waals surface area contributed by atoms with E-state index in [1.54, 1.807) is 0 Å². The second-order valence-corrected chi connectivity index (χ2v) is 2.98. The van der Waals surface area contributed by atoms with E-state index in [0.717, 1.165) is 0 Å². The molecule has 0 atom stereocenters. The standard InChI is InChI=1S/C8H11FN2O2/c1-5(2)11-7(3-9)6(4-10-11)8(12)13/h4-5H,3H2,1-2H3,(H,12,13). The van der Waals surface area contributed by atoms with Crippen LogP contribution < -0.4 is 0 Å². The maximum absolute atomic E-state index is 12.5. The number of carboxylic acid groups (broad SMARTS) is 1. The van der Waals surface area contributed by atoms with Gasteiger partial charge in [0.25, 0.3) is 0 Å². The number of aromatic carboxylic acids is 1. The topological polar surface area (TPSA) is 55.1 Å².